The van der Waals surface area contributed by atoms with Crippen molar-refractivity contribution in [3.63, 3.8) is 0 Å². The van der Waals surface area contributed by atoms with Gasteiger partial charge < -0.3 is 9.47 Å². The standard InChI is InChI=1S/C18H25N5O/c1-4-21(5-2)18(24)17(15-9-7-6-8-10-15)22-11-12-23-14(3)19-20-16(23)13-22/h6-10,17H,4-5,11-13H2,1-3H3/t17-/m0/s1. The van der Waals surface area contributed by atoms with Crippen molar-refractivity contribution in [1.82, 2.24) is 24.6 Å². The molecule has 0 saturated carbocycles. The lowest BCUT2D eigenvalue weighted by Crippen LogP contribution is -2.45. The van der Waals surface area contributed by atoms with Crippen LogP contribution in [0.1, 0.15) is 37.1 Å². The van der Waals surface area contributed by atoms with Crippen molar-refractivity contribution in [3.05, 3.63) is 47.5 Å². The predicted molar refractivity (Wildman–Crippen MR) is 92.3 cm³/mol. The van der Waals surface area contributed by atoms with E-state index in [1.807, 2.05) is 56.0 Å². The number of benzene rings is 1. The number of fused-ring (bicyclic) bond motifs is 1. The molecule has 1 aromatic heterocycles. The number of carbonyl (C=O) groups is 1. The van der Waals surface area contributed by atoms with Gasteiger partial charge in [-0.1, -0.05) is 30.3 Å². The van der Waals surface area contributed by atoms with E-state index in [1.165, 1.54) is 0 Å². The minimum absolute atomic E-state index is 0.163. The minimum atomic E-state index is -0.267. The molecule has 0 fully saturated rings. The molecular weight excluding hydrogens is 302 g/mol. The molecule has 1 aliphatic heterocycles. The zero-order valence-electron chi connectivity index (χ0n) is 14.6. The number of hydrogen-bond acceptors (Lipinski definition) is 4. The smallest absolute Gasteiger partial charge is 0.244 e. The Morgan fingerprint density at radius 1 is 1.17 bits per heavy atom. The molecule has 0 spiro atoms. The van der Waals surface area contributed by atoms with Gasteiger partial charge >= 0.3 is 0 Å². The maximum Gasteiger partial charge on any atom is 0.244 e. The summed E-state index contributed by atoms with van der Waals surface area (Å²) in [6, 6.07) is 9.78. The van der Waals surface area contributed by atoms with Crippen LogP contribution in [-0.2, 0) is 17.9 Å². The number of rotatable bonds is 5. The largest absolute Gasteiger partial charge is 0.342 e. The van der Waals surface area contributed by atoms with Crippen LogP contribution in [0.25, 0.3) is 0 Å². The molecule has 2 heterocycles. The summed E-state index contributed by atoms with van der Waals surface area (Å²) in [5.41, 5.74) is 1.04. The van der Waals surface area contributed by atoms with Crippen LogP contribution in [0, 0.1) is 6.92 Å². The lowest BCUT2D eigenvalue weighted by atomic mass is 10.0. The highest BCUT2D eigenvalue weighted by molar-refractivity contribution is 5.83. The first-order valence-electron chi connectivity index (χ1n) is 8.62. The maximum atomic E-state index is 13.2. The van der Waals surface area contributed by atoms with Crippen LogP contribution >= 0.6 is 0 Å². The van der Waals surface area contributed by atoms with Gasteiger partial charge in [0.25, 0.3) is 0 Å². The Balaban J connectivity index is 1.92. The third-order valence-corrected chi connectivity index (χ3v) is 4.76. The molecular formula is C18H25N5O. The molecule has 0 unspecified atom stereocenters. The van der Waals surface area contributed by atoms with Gasteiger partial charge in [0, 0.05) is 26.2 Å². The fourth-order valence-electron chi connectivity index (χ4n) is 3.40. The van der Waals surface area contributed by atoms with E-state index in [0.717, 1.165) is 43.4 Å². The van der Waals surface area contributed by atoms with E-state index < -0.39 is 0 Å². The highest BCUT2D eigenvalue weighted by atomic mass is 16.2. The Kier molecular flexibility index (Phi) is 4.94. The van der Waals surface area contributed by atoms with Crippen LogP contribution in [0.3, 0.4) is 0 Å². The molecule has 6 heteroatoms. The number of aryl methyl sites for hydroxylation is 1. The van der Waals surface area contributed by atoms with E-state index >= 15 is 0 Å². The second-order valence-corrected chi connectivity index (χ2v) is 6.11. The molecule has 1 amide bonds. The Morgan fingerprint density at radius 3 is 2.54 bits per heavy atom. The van der Waals surface area contributed by atoms with Gasteiger partial charge in [0.05, 0.1) is 6.54 Å². The van der Waals surface area contributed by atoms with Crippen LogP contribution in [0.4, 0.5) is 0 Å². The molecule has 1 aromatic carbocycles. The molecule has 0 saturated heterocycles. The van der Waals surface area contributed by atoms with E-state index in [4.69, 9.17) is 0 Å². The minimum Gasteiger partial charge on any atom is -0.342 e. The molecule has 3 rings (SSSR count). The molecule has 1 atom stereocenters. The van der Waals surface area contributed by atoms with Crippen molar-refractivity contribution in [3.8, 4) is 0 Å². The summed E-state index contributed by atoms with van der Waals surface area (Å²) in [6.07, 6.45) is 0. The Labute approximate surface area is 143 Å². The quantitative estimate of drug-likeness (QED) is 0.843. The molecule has 0 aliphatic carbocycles. The molecule has 0 radical (unpaired) electrons. The van der Waals surface area contributed by atoms with Crippen molar-refractivity contribution < 1.29 is 4.79 Å². The first-order chi connectivity index (χ1) is 11.7. The maximum absolute atomic E-state index is 13.2. The highest BCUT2D eigenvalue weighted by Gasteiger charge is 2.33. The summed E-state index contributed by atoms with van der Waals surface area (Å²) in [7, 11) is 0. The lowest BCUT2D eigenvalue weighted by molar-refractivity contribution is -0.137. The van der Waals surface area contributed by atoms with E-state index in [-0.39, 0.29) is 11.9 Å². The van der Waals surface area contributed by atoms with Gasteiger partial charge in [0.2, 0.25) is 5.91 Å². The number of carbonyl (C=O) groups excluding carboxylic acids is 1. The number of aromatic nitrogens is 3. The predicted octanol–water partition coefficient (Wildman–Crippen LogP) is 2.01. The monoisotopic (exact) mass is 327 g/mol. The van der Waals surface area contributed by atoms with E-state index in [9.17, 15) is 4.79 Å². The fourth-order valence-corrected chi connectivity index (χ4v) is 3.40. The summed E-state index contributed by atoms with van der Waals surface area (Å²) < 4.78 is 2.14. The second kappa shape index (κ2) is 7.13. The third kappa shape index (κ3) is 3.06. The van der Waals surface area contributed by atoms with Crippen LogP contribution < -0.4 is 0 Å². The first-order valence-corrected chi connectivity index (χ1v) is 8.62. The average molecular weight is 327 g/mol. The lowest BCUT2D eigenvalue weighted by Gasteiger charge is -2.36. The van der Waals surface area contributed by atoms with Crippen molar-refractivity contribution in [2.45, 2.75) is 39.9 Å². The molecule has 0 bridgehead atoms. The zero-order chi connectivity index (χ0) is 17.1. The van der Waals surface area contributed by atoms with Gasteiger partial charge in [-0.2, -0.15) is 0 Å². The Hall–Kier alpha value is -2.21. The number of nitrogens with zero attached hydrogens (tertiary/aromatic N) is 5. The van der Waals surface area contributed by atoms with E-state index in [2.05, 4.69) is 19.7 Å². The molecule has 0 N–H and O–H groups in total. The number of likely N-dealkylation sites (N-methyl/N-ethyl adjacent to an activating group) is 1. The van der Waals surface area contributed by atoms with Crippen LogP contribution in [0.5, 0.6) is 0 Å². The Bertz CT molecular complexity index is 693. The van der Waals surface area contributed by atoms with Crippen molar-refractivity contribution >= 4 is 5.91 Å². The topological polar surface area (TPSA) is 54.3 Å². The van der Waals surface area contributed by atoms with Crippen molar-refractivity contribution in [1.29, 1.82) is 0 Å². The molecule has 2 aromatic rings. The van der Waals surface area contributed by atoms with Gasteiger partial charge in [-0.3, -0.25) is 9.69 Å². The van der Waals surface area contributed by atoms with Crippen LogP contribution in [-0.4, -0.2) is 50.1 Å². The summed E-state index contributed by atoms with van der Waals surface area (Å²) in [5, 5.41) is 8.44. The summed E-state index contributed by atoms with van der Waals surface area (Å²) in [6.45, 7) is 9.76. The van der Waals surface area contributed by atoms with E-state index in [0.29, 0.717) is 6.54 Å². The molecule has 1 aliphatic rings. The zero-order valence-corrected chi connectivity index (χ0v) is 14.6. The average Bonchev–Trinajstić information content (AvgIpc) is 2.98. The number of amides is 1. The fraction of sp³-hybridized carbons (Fsp3) is 0.500. The Morgan fingerprint density at radius 2 is 1.88 bits per heavy atom. The molecule has 6 nitrogen and oxygen atoms in total. The van der Waals surface area contributed by atoms with Gasteiger partial charge in [0.15, 0.2) is 0 Å². The summed E-state index contributed by atoms with van der Waals surface area (Å²) in [4.78, 5) is 17.3. The summed E-state index contributed by atoms with van der Waals surface area (Å²) in [5.74, 6) is 2.04. The molecule has 24 heavy (non-hydrogen) atoms. The highest BCUT2D eigenvalue weighted by Crippen LogP contribution is 2.27. The van der Waals surface area contributed by atoms with Gasteiger partial charge in [-0.25, -0.2) is 0 Å². The van der Waals surface area contributed by atoms with E-state index in [1.54, 1.807) is 0 Å². The first kappa shape index (κ1) is 16.6. The third-order valence-electron chi connectivity index (χ3n) is 4.76. The number of hydrogen-bond donors (Lipinski definition) is 0. The van der Waals surface area contributed by atoms with Gasteiger partial charge in [0.1, 0.15) is 17.7 Å². The van der Waals surface area contributed by atoms with Crippen molar-refractivity contribution in [2.75, 3.05) is 19.6 Å². The van der Waals surface area contributed by atoms with Gasteiger partial charge in [-0.05, 0) is 26.3 Å². The van der Waals surface area contributed by atoms with Crippen molar-refractivity contribution in [2.24, 2.45) is 0 Å². The van der Waals surface area contributed by atoms with Gasteiger partial charge in [-0.15, -0.1) is 10.2 Å². The molecule has 128 valence electrons. The second-order valence-electron chi connectivity index (χ2n) is 6.11. The van der Waals surface area contributed by atoms with Crippen LogP contribution in [0.15, 0.2) is 30.3 Å². The van der Waals surface area contributed by atoms with Crippen LogP contribution in [0.2, 0.25) is 0 Å². The SMILES string of the molecule is CCN(CC)C(=O)[C@H](c1ccccc1)N1CCn2c(C)nnc2C1. The summed E-state index contributed by atoms with van der Waals surface area (Å²) >= 11 is 0. The normalized spacial score (nSPS) is 15.8.